The number of aromatic hydroxyl groups is 1. The second-order valence-corrected chi connectivity index (χ2v) is 3.89. The van der Waals surface area contributed by atoms with Gasteiger partial charge in [-0.2, -0.15) is 0 Å². The Labute approximate surface area is 112 Å². The Morgan fingerprint density at radius 1 is 1.20 bits per heavy atom. The molecule has 0 unspecified atom stereocenters. The second kappa shape index (κ2) is 5.35. The smallest absolute Gasteiger partial charge is 0.296 e. The largest absolute Gasteiger partial charge is 0.505 e. The quantitative estimate of drug-likeness (QED) is 0.512. The van der Waals surface area contributed by atoms with Crippen molar-refractivity contribution in [3.05, 3.63) is 64.0 Å². The number of nitro benzene ring substituents is 1. The molecule has 0 heterocycles. The van der Waals surface area contributed by atoms with Gasteiger partial charge in [-0.1, -0.05) is 6.07 Å². The third-order valence-electron chi connectivity index (χ3n) is 2.56. The van der Waals surface area contributed by atoms with E-state index < -0.39 is 28.1 Å². The van der Waals surface area contributed by atoms with Gasteiger partial charge < -0.3 is 10.4 Å². The van der Waals surface area contributed by atoms with Crippen LogP contribution in [0.5, 0.6) is 5.75 Å². The van der Waals surface area contributed by atoms with Crippen LogP contribution in [0.4, 0.5) is 15.8 Å². The molecule has 20 heavy (non-hydrogen) atoms. The summed E-state index contributed by atoms with van der Waals surface area (Å²) in [6, 6.07) is 8.31. The molecule has 0 fully saturated rings. The molecule has 1 amide bonds. The molecule has 0 radical (unpaired) electrons. The summed E-state index contributed by atoms with van der Waals surface area (Å²) >= 11 is 0. The molecule has 6 nitrogen and oxygen atoms in total. The molecule has 2 aromatic rings. The molecule has 0 aliphatic carbocycles. The lowest BCUT2D eigenvalue weighted by molar-refractivity contribution is -0.384. The average Bonchev–Trinajstić information content (AvgIpc) is 2.41. The van der Waals surface area contributed by atoms with E-state index in [2.05, 4.69) is 5.32 Å². The minimum Gasteiger partial charge on any atom is -0.505 e. The summed E-state index contributed by atoms with van der Waals surface area (Å²) < 4.78 is 12.8. The number of anilines is 1. The number of para-hydroxylation sites is 1. The molecule has 0 aliphatic heterocycles. The van der Waals surface area contributed by atoms with Crippen LogP contribution in [0.2, 0.25) is 0 Å². The molecule has 2 aromatic carbocycles. The van der Waals surface area contributed by atoms with Crippen molar-refractivity contribution in [2.75, 3.05) is 5.32 Å². The van der Waals surface area contributed by atoms with Crippen LogP contribution in [-0.4, -0.2) is 15.9 Å². The standard InChI is InChI=1S/C13H9FN2O4/c14-9-6-4-8(5-7-9)13(18)15-12-10(16(19)20)2-1-3-11(12)17/h1-7,17H,(H,15,18). The van der Waals surface area contributed by atoms with E-state index in [9.17, 15) is 24.4 Å². The van der Waals surface area contributed by atoms with Crippen molar-refractivity contribution in [3.8, 4) is 5.75 Å². The lowest BCUT2D eigenvalue weighted by Gasteiger charge is -2.07. The number of hydrogen-bond acceptors (Lipinski definition) is 4. The van der Waals surface area contributed by atoms with E-state index in [-0.39, 0.29) is 11.3 Å². The van der Waals surface area contributed by atoms with Gasteiger partial charge >= 0.3 is 0 Å². The fourth-order valence-electron chi connectivity index (χ4n) is 1.60. The van der Waals surface area contributed by atoms with Gasteiger partial charge in [-0.15, -0.1) is 0 Å². The van der Waals surface area contributed by atoms with E-state index in [1.54, 1.807) is 0 Å². The first kappa shape index (κ1) is 13.5. The molecule has 2 rings (SSSR count). The number of nitro groups is 1. The number of phenols is 1. The highest BCUT2D eigenvalue weighted by molar-refractivity contribution is 6.06. The van der Waals surface area contributed by atoms with E-state index in [0.29, 0.717) is 0 Å². The predicted octanol–water partition coefficient (Wildman–Crippen LogP) is 2.69. The molecule has 0 spiro atoms. The molecule has 0 atom stereocenters. The highest BCUT2D eigenvalue weighted by atomic mass is 19.1. The van der Waals surface area contributed by atoms with Crippen molar-refractivity contribution in [2.45, 2.75) is 0 Å². The Kier molecular flexibility index (Phi) is 3.60. The van der Waals surface area contributed by atoms with E-state index in [1.807, 2.05) is 0 Å². The lowest BCUT2D eigenvalue weighted by Crippen LogP contribution is -2.13. The number of carbonyl (C=O) groups is 1. The van der Waals surface area contributed by atoms with E-state index in [0.717, 1.165) is 18.2 Å². The summed E-state index contributed by atoms with van der Waals surface area (Å²) in [6.07, 6.45) is 0. The molecule has 7 heteroatoms. The zero-order valence-corrected chi connectivity index (χ0v) is 10.0. The molecule has 0 saturated heterocycles. The number of benzene rings is 2. The van der Waals surface area contributed by atoms with E-state index in [1.165, 1.54) is 24.3 Å². The summed E-state index contributed by atoms with van der Waals surface area (Å²) in [5.74, 6) is -1.61. The molecular formula is C13H9FN2O4. The topological polar surface area (TPSA) is 92.5 Å². The van der Waals surface area contributed by atoms with Crippen LogP contribution in [0, 0.1) is 15.9 Å². The number of rotatable bonds is 3. The molecular weight excluding hydrogens is 267 g/mol. The van der Waals surface area contributed by atoms with Crippen LogP contribution in [0.25, 0.3) is 0 Å². The maximum absolute atomic E-state index is 12.8. The second-order valence-electron chi connectivity index (χ2n) is 3.89. The third kappa shape index (κ3) is 2.72. The minimum atomic E-state index is -0.722. The maximum Gasteiger partial charge on any atom is 0.296 e. The Morgan fingerprint density at radius 2 is 1.85 bits per heavy atom. The minimum absolute atomic E-state index is 0.115. The number of hydrogen-bond donors (Lipinski definition) is 2. The van der Waals surface area contributed by atoms with Crippen LogP contribution in [-0.2, 0) is 0 Å². The van der Waals surface area contributed by atoms with Gasteiger partial charge in [0.15, 0.2) is 5.69 Å². The monoisotopic (exact) mass is 276 g/mol. The van der Waals surface area contributed by atoms with E-state index in [4.69, 9.17) is 0 Å². The maximum atomic E-state index is 12.8. The molecule has 102 valence electrons. The van der Waals surface area contributed by atoms with Crippen LogP contribution in [0.1, 0.15) is 10.4 Å². The van der Waals surface area contributed by atoms with Crippen molar-refractivity contribution < 1.29 is 19.2 Å². The fraction of sp³-hybridized carbons (Fsp3) is 0. The van der Waals surface area contributed by atoms with Crippen LogP contribution in [0.15, 0.2) is 42.5 Å². The molecule has 0 saturated carbocycles. The fourth-order valence-corrected chi connectivity index (χ4v) is 1.60. The molecule has 0 aromatic heterocycles. The number of amides is 1. The van der Waals surface area contributed by atoms with Gasteiger partial charge in [-0.3, -0.25) is 14.9 Å². The van der Waals surface area contributed by atoms with Crippen molar-refractivity contribution >= 4 is 17.3 Å². The first-order chi connectivity index (χ1) is 9.49. The van der Waals surface area contributed by atoms with Crippen LogP contribution < -0.4 is 5.32 Å². The van der Waals surface area contributed by atoms with Gasteiger partial charge in [0.05, 0.1) is 4.92 Å². The Bertz CT molecular complexity index is 671. The van der Waals surface area contributed by atoms with Crippen LogP contribution >= 0.6 is 0 Å². The van der Waals surface area contributed by atoms with Gasteiger partial charge in [0.25, 0.3) is 11.6 Å². The van der Waals surface area contributed by atoms with Crippen molar-refractivity contribution in [1.82, 2.24) is 0 Å². The summed E-state index contributed by atoms with van der Waals surface area (Å²) in [5.41, 5.74) is -0.615. The number of halogens is 1. The Morgan fingerprint density at radius 3 is 2.45 bits per heavy atom. The zero-order chi connectivity index (χ0) is 14.7. The predicted molar refractivity (Wildman–Crippen MR) is 69.1 cm³/mol. The van der Waals surface area contributed by atoms with Crippen molar-refractivity contribution in [2.24, 2.45) is 0 Å². The van der Waals surface area contributed by atoms with Gasteiger partial charge in [-0.25, -0.2) is 4.39 Å². The summed E-state index contributed by atoms with van der Waals surface area (Å²) in [4.78, 5) is 22.0. The zero-order valence-electron chi connectivity index (χ0n) is 10.0. The third-order valence-corrected chi connectivity index (χ3v) is 2.56. The van der Waals surface area contributed by atoms with Gasteiger partial charge in [0.2, 0.25) is 0 Å². The average molecular weight is 276 g/mol. The number of carbonyl (C=O) groups excluding carboxylic acids is 1. The number of nitrogens with zero attached hydrogens (tertiary/aromatic N) is 1. The van der Waals surface area contributed by atoms with Crippen LogP contribution in [0.3, 0.4) is 0 Å². The highest BCUT2D eigenvalue weighted by Crippen LogP contribution is 2.33. The summed E-state index contributed by atoms with van der Waals surface area (Å²) in [6.45, 7) is 0. The van der Waals surface area contributed by atoms with Crippen molar-refractivity contribution in [3.63, 3.8) is 0 Å². The molecule has 2 N–H and O–H groups in total. The van der Waals surface area contributed by atoms with Gasteiger partial charge in [0.1, 0.15) is 11.6 Å². The SMILES string of the molecule is O=C(Nc1c(O)cccc1[N+](=O)[O-])c1ccc(F)cc1. The lowest BCUT2D eigenvalue weighted by atomic mass is 10.2. The summed E-state index contributed by atoms with van der Waals surface area (Å²) in [5, 5.41) is 22.7. The van der Waals surface area contributed by atoms with Crippen molar-refractivity contribution in [1.29, 1.82) is 0 Å². The number of nitrogens with one attached hydrogen (secondary N) is 1. The van der Waals surface area contributed by atoms with E-state index >= 15 is 0 Å². The first-order valence-electron chi connectivity index (χ1n) is 5.52. The first-order valence-corrected chi connectivity index (χ1v) is 5.52. The van der Waals surface area contributed by atoms with Gasteiger partial charge in [0, 0.05) is 11.6 Å². The normalized spacial score (nSPS) is 10.1. The Hall–Kier alpha value is -2.96. The highest BCUT2D eigenvalue weighted by Gasteiger charge is 2.20. The molecule has 0 bridgehead atoms. The van der Waals surface area contributed by atoms with Gasteiger partial charge in [-0.05, 0) is 30.3 Å². The number of phenolic OH excluding ortho intramolecular Hbond substituents is 1. The molecule has 0 aliphatic rings. The Balaban J connectivity index is 2.32. The summed E-state index contributed by atoms with van der Waals surface area (Å²) in [7, 11) is 0.